The van der Waals surface area contributed by atoms with Gasteiger partial charge in [0, 0.05) is 6.42 Å². The average molecular weight is 314 g/mol. The van der Waals surface area contributed by atoms with E-state index in [1.165, 1.54) is 20.8 Å². The van der Waals surface area contributed by atoms with Crippen LogP contribution in [0.3, 0.4) is 0 Å². The second-order valence-corrected chi connectivity index (χ2v) is 7.62. The third-order valence-corrected chi connectivity index (χ3v) is 6.84. The summed E-state index contributed by atoms with van der Waals surface area (Å²) >= 11 is 0. The Hall–Kier alpha value is -1.02. The van der Waals surface area contributed by atoms with E-state index in [9.17, 15) is 30.0 Å². The normalized spacial score (nSPS) is 58.0. The van der Waals surface area contributed by atoms with Gasteiger partial charge in [0.15, 0.2) is 11.9 Å². The van der Waals surface area contributed by atoms with E-state index in [4.69, 9.17) is 4.74 Å². The van der Waals surface area contributed by atoms with E-state index in [1.54, 1.807) is 0 Å². The van der Waals surface area contributed by atoms with Crippen LogP contribution in [0, 0.1) is 10.8 Å². The van der Waals surface area contributed by atoms with Crippen LogP contribution in [-0.4, -0.2) is 61.7 Å². The van der Waals surface area contributed by atoms with Crippen molar-refractivity contribution in [3.05, 3.63) is 0 Å². The van der Waals surface area contributed by atoms with Crippen LogP contribution in [0.5, 0.6) is 0 Å². The third kappa shape index (κ3) is 1.29. The summed E-state index contributed by atoms with van der Waals surface area (Å²) in [6.45, 7) is 3.75. The van der Waals surface area contributed by atoms with Crippen LogP contribution in [0.15, 0.2) is 0 Å². The Kier molecular flexibility index (Phi) is 2.81. The molecule has 0 radical (unpaired) electrons. The zero-order valence-corrected chi connectivity index (χ0v) is 12.9. The van der Waals surface area contributed by atoms with Crippen molar-refractivity contribution < 1.29 is 34.8 Å². The lowest BCUT2D eigenvalue weighted by atomic mass is 9.45. The van der Waals surface area contributed by atoms with Crippen molar-refractivity contribution in [2.45, 2.75) is 62.9 Å². The van der Waals surface area contributed by atoms with Gasteiger partial charge in [-0.15, -0.1) is 0 Å². The number of esters is 1. The summed E-state index contributed by atoms with van der Waals surface area (Å²) < 4.78 is 5.03. The number of hydrogen-bond acceptors (Lipinski definition) is 7. The molecular formula is C15H22O7. The van der Waals surface area contributed by atoms with Crippen LogP contribution in [0.2, 0.25) is 0 Å². The Morgan fingerprint density at radius 2 is 1.68 bits per heavy atom. The van der Waals surface area contributed by atoms with E-state index in [0.29, 0.717) is 0 Å². The fraction of sp³-hybridized carbons (Fsp3) is 0.867. The highest BCUT2D eigenvalue weighted by molar-refractivity contribution is 5.92. The molecule has 0 spiro atoms. The smallest absolute Gasteiger partial charge is 0.335 e. The predicted octanol–water partition coefficient (Wildman–Crippen LogP) is -1.10. The molecule has 0 aromatic heterocycles. The van der Waals surface area contributed by atoms with Gasteiger partial charge >= 0.3 is 5.97 Å². The number of ketones is 1. The molecule has 7 nitrogen and oxygen atoms in total. The van der Waals surface area contributed by atoms with E-state index >= 15 is 0 Å². The zero-order valence-electron chi connectivity index (χ0n) is 12.9. The molecule has 3 fully saturated rings. The maximum absolute atomic E-state index is 12.6. The molecule has 0 aromatic carbocycles. The second kappa shape index (κ2) is 3.90. The summed E-state index contributed by atoms with van der Waals surface area (Å²) in [4.78, 5) is 24.7. The van der Waals surface area contributed by atoms with Crippen molar-refractivity contribution >= 4 is 11.8 Å². The van der Waals surface area contributed by atoms with Crippen LogP contribution in [-0.2, 0) is 14.3 Å². The molecule has 6 atom stereocenters. The summed E-state index contributed by atoms with van der Waals surface area (Å²) in [5.74, 6) is -1.62. The molecule has 2 bridgehead atoms. The number of hydrogen-bond donors (Lipinski definition) is 4. The van der Waals surface area contributed by atoms with Gasteiger partial charge in [-0.25, -0.2) is 4.79 Å². The van der Waals surface area contributed by atoms with Crippen molar-refractivity contribution in [1.29, 1.82) is 0 Å². The SMILES string of the molecule is C[C@@]12COC(=O)[C@H](O)[C@@]3(CC(=O)[C@]1(C)O)[C@]2(O)CC[C@]3(C)O. The quantitative estimate of drug-likeness (QED) is 0.418. The van der Waals surface area contributed by atoms with Crippen molar-refractivity contribution in [3.63, 3.8) is 0 Å². The Labute approximate surface area is 127 Å². The summed E-state index contributed by atoms with van der Waals surface area (Å²) in [5.41, 5.74) is -8.70. The molecule has 124 valence electrons. The fourth-order valence-electron chi connectivity index (χ4n) is 4.93. The number of rotatable bonds is 0. The Balaban J connectivity index is 2.37. The van der Waals surface area contributed by atoms with E-state index < -0.39 is 58.5 Å². The number of carbonyl (C=O) groups excluding carboxylic acids is 2. The van der Waals surface area contributed by atoms with E-state index in [0.717, 1.165) is 0 Å². The lowest BCUT2D eigenvalue weighted by Gasteiger charge is -2.61. The Morgan fingerprint density at radius 1 is 1.09 bits per heavy atom. The first-order valence-electron chi connectivity index (χ1n) is 7.43. The van der Waals surface area contributed by atoms with Gasteiger partial charge < -0.3 is 25.2 Å². The Bertz CT molecular complexity index is 568. The standard InChI is InChI=1S/C15H22O7/c1-11-7-22-10(18)9(17)14(6-8(16)13(11,3)20)12(2,19)4-5-15(11,14)21/h9,17,19-21H,4-7H2,1-3H3/t9-,11+,12-,13-,14+,15-/m0/s1. The van der Waals surface area contributed by atoms with Gasteiger partial charge in [0.05, 0.1) is 22.0 Å². The molecule has 3 rings (SSSR count). The predicted molar refractivity (Wildman–Crippen MR) is 72.6 cm³/mol. The van der Waals surface area contributed by atoms with Crippen molar-refractivity contribution in [3.8, 4) is 0 Å². The average Bonchev–Trinajstić information content (AvgIpc) is 2.61. The van der Waals surface area contributed by atoms with E-state index in [2.05, 4.69) is 0 Å². The lowest BCUT2D eigenvalue weighted by Crippen LogP contribution is -2.77. The fourth-order valence-corrected chi connectivity index (χ4v) is 4.93. The van der Waals surface area contributed by atoms with Crippen molar-refractivity contribution in [2.24, 2.45) is 10.8 Å². The minimum absolute atomic E-state index is 0.0492. The number of cyclic esters (lactones) is 1. The summed E-state index contributed by atoms with van der Waals surface area (Å²) in [6, 6.07) is 0. The van der Waals surface area contributed by atoms with Gasteiger partial charge in [-0.2, -0.15) is 0 Å². The number of aliphatic hydroxyl groups excluding tert-OH is 1. The zero-order chi connectivity index (χ0) is 16.8. The highest BCUT2D eigenvalue weighted by atomic mass is 16.6. The second-order valence-electron chi connectivity index (χ2n) is 7.62. The first-order chi connectivity index (χ1) is 9.87. The molecule has 0 amide bonds. The highest BCUT2D eigenvalue weighted by Crippen LogP contribution is 2.69. The molecule has 0 aromatic rings. The monoisotopic (exact) mass is 314 g/mol. The van der Waals surface area contributed by atoms with Gasteiger partial charge in [-0.05, 0) is 26.7 Å². The van der Waals surface area contributed by atoms with Crippen molar-refractivity contribution in [1.82, 2.24) is 0 Å². The number of ether oxygens (including phenoxy) is 1. The maximum atomic E-state index is 12.6. The van der Waals surface area contributed by atoms with E-state index in [1.807, 2.05) is 0 Å². The van der Waals surface area contributed by atoms with Crippen LogP contribution in [0.1, 0.15) is 40.0 Å². The maximum Gasteiger partial charge on any atom is 0.335 e. The molecule has 0 unspecified atom stereocenters. The number of Topliss-reactive ketones (excluding diaryl/α,β-unsaturated/α-hetero) is 1. The molecule has 22 heavy (non-hydrogen) atoms. The molecule has 1 aliphatic heterocycles. The Morgan fingerprint density at radius 3 is 2.27 bits per heavy atom. The molecule has 2 aliphatic carbocycles. The van der Waals surface area contributed by atoms with Gasteiger partial charge in [0.2, 0.25) is 0 Å². The van der Waals surface area contributed by atoms with Gasteiger partial charge in [0.25, 0.3) is 0 Å². The molecule has 2 saturated carbocycles. The van der Waals surface area contributed by atoms with Gasteiger partial charge in [0.1, 0.15) is 12.2 Å². The van der Waals surface area contributed by atoms with Crippen LogP contribution >= 0.6 is 0 Å². The number of aliphatic hydroxyl groups is 4. The molecule has 7 heteroatoms. The first-order valence-corrected chi connectivity index (χ1v) is 7.43. The van der Waals surface area contributed by atoms with Crippen LogP contribution in [0.4, 0.5) is 0 Å². The minimum atomic E-state index is -1.93. The molecular weight excluding hydrogens is 292 g/mol. The van der Waals surface area contributed by atoms with Gasteiger partial charge in [-0.1, -0.05) is 6.92 Å². The van der Waals surface area contributed by atoms with Gasteiger partial charge in [-0.3, -0.25) is 4.79 Å². The van der Waals surface area contributed by atoms with Crippen LogP contribution < -0.4 is 0 Å². The molecule has 3 aliphatic rings. The summed E-state index contributed by atoms with van der Waals surface area (Å²) in [5, 5.41) is 43.5. The van der Waals surface area contributed by atoms with Crippen LogP contribution in [0.25, 0.3) is 0 Å². The molecule has 1 heterocycles. The third-order valence-electron chi connectivity index (χ3n) is 6.84. The minimum Gasteiger partial charge on any atom is -0.463 e. The van der Waals surface area contributed by atoms with E-state index in [-0.39, 0.29) is 12.8 Å². The molecule has 1 saturated heterocycles. The number of carbonyl (C=O) groups is 2. The van der Waals surface area contributed by atoms with Crippen molar-refractivity contribution in [2.75, 3.05) is 6.61 Å². The lowest BCUT2D eigenvalue weighted by molar-refractivity contribution is -0.279. The largest absolute Gasteiger partial charge is 0.463 e. The molecule has 4 N–H and O–H groups in total. The summed E-state index contributed by atoms with van der Waals surface area (Å²) in [6.07, 6.45) is -2.17. The first kappa shape index (κ1) is 15.9. The summed E-state index contributed by atoms with van der Waals surface area (Å²) in [7, 11) is 0. The highest BCUT2D eigenvalue weighted by Gasteiger charge is 2.83. The topological polar surface area (TPSA) is 124 Å².